The van der Waals surface area contributed by atoms with Crippen molar-refractivity contribution in [2.75, 3.05) is 29.9 Å². The summed E-state index contributed by atoms with van der Waals surface area (Å²) < 4.78 is 31.7. The highest BCUT2D eigenvalue weighted by Crippen LogP contribution is 2.31. The van der Waals surface area contributed by atoms with Gasteiger partial charge in [0.2, 0.25) is 0 Å². The number of likely N-dealkylation sites (tertiary alicyclic amines) is 1. The molecule has 0 aliphatic carbocycles. The first-order valence-corrected chi connectivity index (χ1v) is 11.7. The minimum absolute atomic E-state index is 0.0555. The van der Waals surface area contributed by atoms with Crippen molar-refractivity contribution in [2.45, 2.75) is 58.3 Å². The summed E-state index contributed by atoms with van der Waals surface area (Å²) in [6.07, 6.45) is -1.16. The molecule has 2 atom stereocenters. The molecule has 2 heterocycles. The summed E-state index contributed by atoms with van der Waals surface area (Å²) >= 11 is 0. The number of carbonyl (C=O) groups is 2. The number of aryl methyl sites for hydroxylation is 2. The van der Waals surface area contributed by atoms with Crippen LogP contribution in [0.4, 0.5) is 24.5 Å². The number of alkyl halides is 3. The van der Waals surface area contributed by atoms with Gasteiger partial charge >= 0.3 is 12.1 Å². The van der Waals surface area contributed by atoms with Crippen LogP contribution < -0.4 is 10.2 Å². The lowest BCUT2D eigenvalue weighted by Gasteiger charge is -2.29. The second kappa shape index (κ2) is 11.1. The van der Waals surface area contributed by atoms with E-state index < -0.39 is 12.1 Å². The molecule has 2 unspecified atom stereocenters. The van der Waals surface area contributed by atoms with Gasteiger partial charge < -0.3 is 15.3 Å². The van der Waals surface area contributed by atoms with Gasteiger partial charge in [0.05, 0.1) is 0 Å². The van der Waals surface area contributed by atoms with Gasteiger partial charge in [-0.2, -0.15) is 13.2 Å². The van der Waals surface area contributed by atoms with Crippen molar-refractivity contribution >= 4 is 23.3 Å². The van der Waals surface area contributed by atoms with Crippen LogP contribution in [0, 0.1) is 13.8 Å². The molecule has 1 amide bonds. The van der Waals surface area contributed by atoms with Crippen LogP contribution in [0.15, 0.2) is 42.5 Å². The zero-order valence-corrected chi connectivity index (χ0v) is 20.2. The lowest BCUT2D eigenvalue weighted by atomic mass is 10.1. The zero-order chi connectivity index (χ0) is 25.8. The Labute approximate surface area is 203 Å². The van der Waals surface area contributed by atoms with Gasteiger partial charge in [0.1, 0.15) is 0 Å². The highest BCUT2D eigenvalue weighted by Gasteiger charge is 2.38. The SMILES string of the molecule is Cc1cccc(C(=O)Nc2ccc(N3CCC(N4CCCC4C)C3)c(C)c2)c1.O=C(O)C(F)(F)F. The van der Waals surface area contributed by atoms with Gasteiger partial charge in [-0.3, -0.25) is 9.69 Å². The molecule has 0 saturated carbocycles. The predicted molar refractivity (Wildman–Crippen MR) is 130 cm³/mol. The summed E-state index contributed by atoms with van der Waals surface area (Å²) in [6.45, 7) is 9.99. The molecule has 2 aromatic rings. The number of halogens is 3. The molecule has 2 aromatic carbocycles. The van der Waals surface area contributed by atoms with E-state index in [2.05, 4.69) is 41.1 Å². The molecule has 35 heavy (non-hydrogen) atoms. The highest BCUT2D eigenvalue weighted by molar-refractivity contribution is 6.04. The number of amides is 1. The Balaban J connectivity index is 0.000000429. The Morgan fingerprint density at radius 1 is 1.06 bits per heavy atom. The molecule has 2 aliphatic rings. The van der Waals surface area contributed by atoms with Crippen molar-refractivity contribution in [2.24, 2.45) is 0 Å². The topological polar surface area (TPSA) is 72.9 Å². The summed E-state index contributed by atoms with van der Waals surface area (Å²) in [5.74, 6) is -2.81. The minimum atomic E-state index is -5.08. The average Bonchev–Trinajstić information content (AvgIpc) is 3.42. The number of carboxylic acid groups (broad SMARTS) is 1. The van der Waals surface area contributed by atoms with Crippen molar-refractivity contribution in [3.05, 3.63) is 59.2 Å². The summed E-state index contributed by atoms with van der Waals surface area (Å²) in [7, 11) is 0. The fourth-order valence-corrected chi connectivity index (χ4v) is 4.81. The molecule has 190 valence electrons. The Bertz CT molecular complexity index is 1060. The van der Waals surface area contributed by atoms with Crippen molar-refractivity contribution in [3.63, 3.8) is 0 Å². The van der Waals surface area contributed by atoms with Gasteiger partial charge in [0.15, 0.2) is 0 Å². The summed E-state index contributed by atoms with van der Waals surface area (Å²) in [5, 5.41) is 10.2. The second-order valence-corrected chi connectivity index (χ2v) is 9.25. The second-order valence-electron chi connectivity index (χ2n) is 9.25. The Morgan fingerprint density at radius 3 is 2.34 bits per heavy atom. The number of carboxylic acids is 1. The van der Waals surface area contributed by atoms with Gasteiger partial charge in [0.25, 0.3) is 5.91 Å². The number of hydrogen-bond acceptors (Lipinski definition) is 4. The lowest BCUT2D eigenvalue weighted by molar-refractivity contribution is -0.192. The standard InChI is InChI=1S/C24H31N3O.C2HF3O2/c1-17-6-4-8-20(14-17)24(28)25-21-9-10-23(18(2)15-21)26-13-11-22(16-26)27-12-5-7-19(27)3;3-2(4,5)1(6)7/h4,6,8-10,14-15,19,22H,5,7,11-13,16H2,1-3H3,(H,25,28);(H,6,7). The summed E-state index contributed by atoms with van der Waals surface area (Å²) in [6, 6.07) is 15.4. The smallest absolute Gasteiger partial charge is 0.475 e. The first kappa shape index (κ1) is 26.5. The Kier molecular flexibility index (Phi) is 8.43. The number of rotatable bonds is 4. The number of nitrogens with one attached hydrogen (secondary N) is 1. The molecule has 2 saturated heterocycles. The quantitative estimate of drug-likeness (QED) is 0.611. The van der Waals surface area contributed by atoms with Crippen molar-refractivity contribution in [1.29, 1.82) is 0 Å². The van der Waals surface area contributed by atoms with Crippen LogP contribution in [0.2, 0.25) is 0 Å². The molecule has 9 heteroatoms. The van der Waals surface area contributed by atoms with Crippen LogP contribution in [0.1, 0.15) is 47.7 Å². The third-order valence-electron chi connectivity index (χ3n) is 6.55. The third kappa shape index (κ3) is 6.97. The number of benzene rings is 2. The lowest BCUT2D eigenvalue weighted by Crippen LogP contribution is -2.39. The van der Waals surface area contributed by atoms with Crippen LogP contribution in [-0.2, 0) is 4.79 Å². The van der Waals surface area contributed by atoms with E-state index in [1.165, 1.54) is 37.1 Å². The molecule has 6 nitrogen and oxygen atoms in total. The van der Waals surface area contributed by atoms with Crippen LogP contribution >= 0.6 is 0 Å². The molecular weight excluding hydrogens is 459 g/mol. The first-order chi connectivity index (χ1) is 16.5. The van der Waals surface area contributed by atoms with Crippen LogP contribution in [-0.4, -0.2) is 59.8 Å². The number of hydrogen-bond donors (Lipinski definition) is 2. The number of nitrogens with zero attached hydrogens (tertiary/aromatic N) is 2. The molecule has 4 rings (SSSR count). The molecule has 0 aromatic heterocycles. The molecule has 0 radical (unpaired) electrons. The van der Waals surface area contributed by atoms with E-state index >= 15 is 0 Å². The highest BCUT2D eigenvalue weighted by atomic mass is 19.4. The van der Waals surface area contributed by atoms with Gasteiger partial charge in [-0.1, -0.05) is 17.7 Å². The average molecular weight is 492 g/mol. The summed E-state index contributed by atoms with van der Waals surface area (Å²) in [4.78, 5) is 26.6. The molecule has 2 N–H and O–H groups in total. The number of anilines is 2. The Morgan fingerprint density at radius 2 is 1.77 bits per heavy atom. The van der Waals surface area contributed by atoms with E-state index in [1.807, 2.05) is 37.3 Å². The monoisotopic (exact) mass is 491 g/mol. The molecule has 2 aliphatic heterocycles. The van der Waals surface area contributed by atoms with E-state index in [0.29, 0.717) is 11.6 Å². The third-order valence-corrected chi connectivity index (χ3v) is 6.55. The van der Waals surface area contributed by atoms with Crippen LogP contribution in [0.25, 0.3) is 0 Å². The van der Waals surface area contributed by atoms with Gasteiger partial charge in [-0.05, 0) is 82.5 Å². The number of aliphatic carboxylic acids is 1. The molecule has 0 bridgehead atoms. The van der Waals surface area contributed by atoms with Crippen LogP contribution in [0.3, 0.4) is 0 Å². The normalized spacial score (nSPS) is 20.3. The molecule has 2 fully saturated rings. The molecular formula is C26H32F3N3O3. The fraction of sp³-hybridized carbons (Fsp3) is 0.462. The molecule has 0 spiro atoms. The zero-order valence-electron chi connectivity index (χ0n) is 20.2. The van der Waals surface area contributed by atoms with Crippen molar-refractivity contribution in [3.8, 4) is 0 Å². The van der Waals surface area contributed by atoms with E-state index in [9.17, 15) is 18.0 Å². The maximum Gasteiger partial charge on any atom is 0.490 e. The van der Waals surface area contributed by atoms with Crippen molar-refractivity contribution in [1.82, 2.24) is 4.90 Å². The van der Waals surface area contributed by atoms with E-state index in [1.54, 1.807) is 0 Å². The maximum atomic E-state index is 12.5. The Hall–Kier alpha value is -3.07. The first-order valence-electron chi connectivity index (χ1n) is 11.7. The van der Waals surface area contributed by atoms with E-state index in [-0.39, 0.29) is 5.91 Å². The van der Waals surface area contributed by atoms with Gasteiger partial charge in [-0.15, -0.1) is 0 Å². The van der Waals surface area contributed by atoms with E-state index in [0.717, 1.165) is 30.4 Å². The largest absolute Gasteiger partial charge is 0.490 e. The number of carbonyl (C=O) groups excluding carboxylic acids is 1. The fourth-order valence-electron chi connectivity index (χ4n) is 4.81. The minimum Gasteiger partial charge on any atom is -0.475 e. The summed E-state index contributed by atoms with van der Waals surface area (Å²) in [5.41, 5.74) is 5.16. The van der Waals surface area contributed by atoms with Gasteiger partial charge in [0, 0.05) is 42.1 Å². The van der Waals surface area contributed by atoms with Crippen LogP contribution in [0.5, 0.6) is 0 Å². The van der Waals surface area contributed by atoms with E-state index in [4.69, 9.17) is 9.90 Å². The maximum absolute atomic E-state index is 12.5. The van der Waals surface area contributed by atoms with Crippen molar-refractivity contribution < 1.29 is 27.9 Å². The predicted octanol–water partition coefficient (Wildman–Crippen LogP) is 5.25. The van der Waals surface area contributed by atoms with Gasteiger partial charge in [-0.25, -0.2) is 4.79 Å².